The third-order valence-corrected chi connectivity index (χ3v) is 6.15. The normalized spacial score (nSPS) is 15.3. The van der Waals surface area contributed by atoms with Gasteiger partial charge in [-0.15, -0.1) is 0 Å². The van der Waals surface area contributed by atoms with Crippen molar-refractivity contribution in [3.63, 3.8) is 0 Å². The minimum Gasteiger partial charge on any atom is -0.299 e. The van der Waals surface area contributed by atoms with E-state index in [0.717, 1.165) is 65.4 Å². The Labute approximate surface area is 186 Å². The van der Waals surface area contributed by atoms with Crippen molar-refractivity contribution in [1.82, 2.24) is 15.2 Å². The SMILES string of the molecule is CCCN(CC)Cc1cccc(-c2ccnc3ccc(C=C4SC(=O)NC4=O)cc23)c1. The van der Waals surface area contributed by atoms with E-state index < -0.39 is 0 Å². The van der Waals surface area contributed by atoms with Crippen LogP contribution in [0.2, 0.25) is 0 Å². The molecule has 6 heteroatoms. The van der Waals surface area contributed by atoms with Gasteiger partial charge in [0, 0.05) is 18.1 Å². The molecule has 1 N–H and O–H groups in total. The maximum atomic E-state index is 11.9. The molecule has 1 saturated heterocycles. The van der Waals surface area contributed by atoms with Crippen molar-refractivity contribution < 1.29 is 9.59 Å². The van der Waals surface area contributed by atoms with E-state index in [1.165, 1.54) is 5.56 Å². The molecule has 0 radical (unpaired) electrons. The molecule has 1 aromatic heterocycles. The van der Waals surface area contributed by atoms with E-state index in [9.17, 15) is 9.59 Å². The van der Waals surface area contributed by atoms with Gasteiger partial charge in [0.1, 0.15) is 0 Å². The lowest BCUT2D eigenvalue weighted by Gasteiger charge is -2.20. The van der Waals surface area contributed by atoms with E-state index in [-0.39, 0.29) is 11.1 Å². The number of amides is 2. The molecular formula is C25H25N3O2S. The van der Waals surface area contributed by atoms with Crippen LogP contribution in [0.1, 0.15) is 31.4 Å². The van der Waals surface area contributed by atoms with Crippen LogP contribution >= 0.6 is 11.8 Å². The Hall–Kier alpha value is -2.96. The quantitative estimate of drug-likeness (QED) is 0.504. The van der Waals surface area contributed by atoms with Gasteiger partial charge in [0.15, 0.2) is 0 Å². The van der Waals surface area contributed by atoms with Crippen LogP contribution in [0.5, 0.6) is 0 Å². The van der Waals surface area contributed by atoms with Gasteiger partial charge in [0.05, 0.1) is 10.4 Å². The lowest BCUT2D eigenvalue weighted by molar-refractivity contribution is -0.115. The number of carbonyl (C=O) groups is 2. The number of nitrogens with one attached hydrogen (secondary N) is 1. The summed E-state index contributed by atoms with van der Waals surface area (Å²) >= 11 is 0.929. The Morgan fingerprint density at radius 3 is 2.71 bits per heavy atom. The molecule has 0 bridgehead atoms. The smallest absolute Gasteiger partial charge is 0.290 e. The topological polar surface area (TPSA) is 62.3 Å². The van der Waals surface area contributed by atoms with Crippen LogP contribution in [0.4, 0.5) is 4.79 Å². The van der Waals surface area contributed by atoms with Gasteiger partial charge in [0.25, 0.3) is 11.1 Å². The van der Waals surface area contributed by atoms with E-state index in [4.69, 9.17) is 0 Å². The summed E-state index contributed by atoms with van der Waals surface area (Å²) in [6.07, 6.45) is 4.72. The van der Waals surface area contributed by atoms with Gasteiger partial charge in [0.2, 0.25) is 0 Å². The second-order valence-corrected chi connectivity index (χ2v) is 8.57. The summed E-state index contributed by atoms with van der Waals surface area (Å²) in [6, 6.07) is 16.6. The Balaban J connectivity index is 1.71. The van der Waals surface area contributed by atoms with Crippen LogP contribution in [-0.2, 0) is 11.3 Å². The molecule has 1 aliphatic heterocycles. The summed E-state index contributed by atoms with van der Waals surface area (Å²) in [4.78, 5) is 30.7. The van der Waals surface area contributed by atoms with Gasteiger partial charge in [-0.1, -0.05) is 38.1 Å². The average molecular weight is 432 g/mol. The van der Waals surface area contributed by atoms with Crippen LogP contribution in [-0.4, -0.2) is 34.1 Å². The molecule has 31 heavy (non-hydrogen) atoms. The molecule has 5 nitrogen and oxygen atoms in total. The van der Waals surface area contributed by atoms with Crippen LogP contribution in [0.25, 0.3) is 28.1 Å². The minimum atomic E-state index is -0.346. The summed E-state index contributed by atoms with van der Waals surface area (Å²) in [5, 5.41) is 2.98. The summed E-state index contributed by atoms with van der Waals surface area (Å²) < 4.78 is 0. The first kappa shape index (κ1) is 21.3. The van der Waals surface area contributed by atoms with Gasteiger partial charge in [-0.2, -0.15) is 0 Å². The third-order valence-electron chi connectivity index (χ3n) is 5.34. The molecule has 4 rings (SSSR count). The van der Waals surface area contributed by atoms with Crippen molar-refractivity contribution in [3.05, 3.63) is 70.8 Å². The van der Waals surface area contributed by atoms with Crippen molar-refractivity contribution >= 4 is 39.9 Å². The molecular weight excluding hydrogens is 406 g/mol. The molecule has 2 amide bonds. The number of thioether (sulfide) groups is 1. The fourth-order valence-electron chi connectivity index (χ4n) is 3.84. The highest BCUT2D eigenvalue weighted by atomic mass is 32.2. The second-order valence-electron chi connectivity index (χ2n) is 7.56. The number of aromatic nitrogens is 1. The lowest BCUT2D eigenvalue weighted by Crippen LogP contribution is -2.23. The largest absolute Gasteiger partial charge is 0.299 e. The summed E-state index contributed by atoms with van der Waals surface area (Å²) in [5.74, 6) is -0.346. The number of pyridine rings is 1. The number of hydrogen-bond donors (Lipinski definition) is 1. The molecule has 2 aromatic carbocycles. The number of hydrogen-bond acceptors (Lipinski definition) is 5. The molecule has 0 aliphatic carbocycles. The predicted molar refractivity (Wildman–Crippen MR) is 128 cm³/mol. The molecule has 0 atom stereocenters. The molecule has 0 saturated carbocycles. The highest BCUT2D eigenvalue weighted by molar-refractivity contribution is 8.18. The number of fused-ring (bicyclic) bond motifs is 1. The Morgan fingerprint density at radius 1 is 1.10 bits per heavy atom. The minimum absolute atomic E-state index is 0.333. The first-order valence-corrected chi connectivity index (χ1v) is 11.3. The Bertz CT molecular complexity index is 1170. The molecule has 1 aliphatic rings. The van der Waals surface area contributed by atoms with Crippen molar-refractivity contribution in [3.8, 4) is 11.1 Å². The number of nitrogens with zero attached hydrogens (tertiary/aromatic N) is 2. The van der Waals surface area contributed by atoms with Gasteiger partial charge in [-0.25, -0.2) is 0 Å². The second kappa shape index (κ2) is 9.45. The lowest BCUT2D eigenvalue weighted by atomic mass is 9.98. The maximum Gasteiger partial charge on any atom is 0.290 e. The van der Waals surface area contributed by atoms with Crippen LogP contribution in [0.3, 0.4) is 0 Å². The predicted octanol–water partition coefficient (Wildman–Crippen LogP) is 5.46. The van der Waals surface area contributed by atoms with Gasteiger partial charge in [-0.3, -0.25) is 24.8 Å². The maximum absolute atomic E-state index is 11.9. The van der Waals surface area contributed by atoms with Crippen molar-refractivity contribution in [2.75, 3.05) is 13.1 Å². The summed E-state index contributed by atoms with van der Waals surface area (Å²) in [6.45, 7) is 7.45. The molecule has 3 aromatic rings. The van der Waals surface area contributed by atoms with E-state index >= 15 is 0 Å². The first-order chi connectivity index (χ1) is 15.1. The highest BCUT2D eigenvalue weighted by Gasteiger charge is 2.25. The van der Waals surface area contributed by atoms with Crippen LogP contribution in [0, 0.1) is 0 Å². The monoisotopic (exact) mass is 431 g/mol. The molecule has 0 unspecified atom stereocenters. The fourth-order valence-corrected chi connectivity index (χ4v) is 4.52. The zero-order valence-corrected chi connectivity index (χ0v) is 18.5. The Kier molecular flexibility index (Phi) is 6.49. The molecule has 2 heterocycles. The van der Waals surface area contributed by atoms with Crippen LogP contribution in [0.15, 0.2) is 59.6 Å². The van der Waals surface area contributed by atoms with Crippen molar-refractivity contribution in [1.29, 1.82) is 0 Å². The number of rotatable bonds is 7. The summed E-state index contributed by atoms with van der Waals surface area (Å²) in [7, 11) is 0. The van der Waals surface area contributed by atoms with Gasteiger partial charge in [-0.05, 0) is 83.9 Å². The molecule has 0 spiro atoms. The van der Waals surface area contributed by atoms with Crippen molar-refractivity contribution in [2.45, 2.75) is 26.8 Å². The summed E-state index contributed by atoms with van der Waals surface area (Å²) in [5.41, 5.74) is 5.29. The van der Waals surface area contributed by atoms with Gasteiger partial charge < -0.3 is 0 Å². The molecule has 1 fully saturated rings. The first-order valence-electron chi connectivity index (χ1n) is 10.5. The third kappa shape index (κ3) is 4.86. The average Bonchev–Trinajstić information content (AvgIpc) is 3.09. The van der Waals surface area contributed by atoms with Crippen LogP contribution < -0.4 is 5.32 Å². The molecule has 158 valence electrons. The van der Waals surface area contributed by atoms with E-state index in [2.05, 4.69) is 53.3 Å². The van der Waals surface area contributed by atoms with Crippen molar-refractivity contribution in [2.24, 2.45) is 0 Å². The van der Waals surface area contributed by atoms with Gasteiger partial charge >= 0.3 is 0 Å². The zero-order valence-electron chi connectivity index (χ0n) is 17.7. The number of imide groups is 1. The fraction of sp³-hybridized carbons (Fsp3) is 0.240. The number of carbonyl (C=O) groups excluding carboxylic acids is 2. The van der Waals surface area contributed by atoms with E-state index in [1.54, 1.807) is 6.08 Å². The number of benzene rings is 2. The van der Waals surface area contributed by atoms with E-state index in [0.29, 0.717) is 4.91 Å². The Morgan fingerprint density at radius 2 is 1.97 bits per heavy atom. The standard InChI is InChI=1S/C25H25N3O2S/c1-3-12-28(4-2)16-18-6-5-7-19(13-18)20-10-11-26-22-9-8-17(14-21(20)22)15-23-24(29)27-25(30)31-23/h5-11,13-15H,3-4,12,16H2,1-2H3,(H,27,29,30). The zero-order chi connectivity index (χ0) is 21.8. The van der Waals surface area contributed by atoms with E-state index in [1.807, 2.05) is 30.5 Å². The highest BCUT2D eigenvalue weighted by Crippen LogP contribution is 2.31.